The molecular weight excluding hydrogens is 228 g/mol. The fourth-order valence-corrected chi connectivity index (χ4v) is 2.90. The topological polar surface area (TPSA) is 38.9 Å². The summed E-state index contributed by atoms with van der Waals surface area (Å²) in [5.41, 5.74) is 7.51. The number of hydrogen-bond donors (Lipinski definition) is 1. The van der Waals surface area contributed by atoms with Gasteiger partial charge in [-0.3, -0.25) is 0 Å². The van der Waals surface area contributed by atoms with Gasteiger partial charge in [0.05, 0.1) is 5.01 Å². The molecule has 0 aliphatic carbocycles. The summed E-state index contributed by atoms with van der Waals surface area (Å²) in [5, 5.41) is 3.12. The van der Waals surface area contributed by atoms with Crippen molar-refractivity contribution in [2.45, 2.75) is 31.7 Å². The van der Waals surface area contributed by atoms with Gasteiger partial charge < -0.3 is 5.73 Å². The van der Waals surface area contributed by atoms with E-state index in [1.54, 1.807) is 11.3 Å². The average Bonchev–Trinajstić information content (AvgIpc) is 2.83. The molecule has 2 N–H and O–H groups in total. The predicted molar refractivity (Wildman–Crippen MR) is 73.0 cm³/mol. The van der Waals surface area contributed by atoms with Crippen LogP contribution in [0.4, 0.5) is 0 Å². The van der Waals surface area contributed by atoms with Crippen LogP contribution in [0.5, 0.6) is 0 Å². The zero-order valence-electron chi connectivity index (χ0n) is 10.1. The summed E-state index contributed by atoms with van der Waals surface area (Å²) in [6.45, 7) is 2.17. The molecule has 0 aliphatic heterocycles. The second kappa shape index (κ2) is 5.43. The van der Waals surface area contributed by atoms with Crippen molar-refractivity contribution in [2.24, 2.45) is 5.73 Å². The molecule has 90 valence electrons. The third-order valence-corrected chi connectivity index (χ3v) is 3.77. The van der Waals surface area contributed by atoms with E-state index in [1.165, 1.54) is 5.56 Å². The van der Waals surface area contributed by atoms with Crippen molar-refractivity contribution in [1.29, 1.82) is 0 Å². The van der Waals surface area contributed by atoms with Crippen LogP contribution in [-0.2, 0) is 12.0 Å². The van der Waals surface area contributed by atoms with Crippen LogP contribution < -0.4 is 5.73 Å². The molecule has 0 spiro atoms. The first-order valence-electron chi connectivity index (χ1n) is 5.97. The molecule has 0 saturated carbocycles. The van der Waals surface area contributed by atoms with Gasteiger partial charge in [-0.25, -0.2) is 4.98 Å². The van der Waals surface area contributed by atoms with Crippen LogP contribution in [-0.4, -0.2) is 4.98 Å². The van der Waals surface area contributed by atoms with Crippen molar-refractivity contribution in [3.05, 3.63) is 52.5 Å². The summed E-state index contributed by atoms with van der Waals surface area (Å²) >= 11 is 1.68. The van der Waals surface area contributed by atoms with E-state index < -0.39 is 0 Å². The second-order valence-electron chi connectivity index (χ2n) is 4.37. The molecule has 0 amide bonds. The molecule has 2 nitrogen and oxygen atoms in total. The summed E-state index contributed by atoms with van der Waals surface area (Å²) < 4.78 is 0. The van der Waals surface area contributed by atoms with Gasteiger partial charge >= 0.3 is 0 Å². The highest BCUT2D eigenvalue weighted by Gasteiger charge is 2.27. The second-order valence-corrected chi connectivity index (χ2v) is 5.35. The quantitative estimate of drug-likeness (QED) is 0.878. The minimum atomic E-state index is -0.284. The molecule has 2 rings (SSSR count). The maximum absolute atomic E-state index is 6.59. The summed E-state index contributed by atoms with van der Waals surface area (Å²) in [5.74, 6) is 0. The number of nitrogens with two attached hydrogens (primary N) is 1. The minimum Gasteiger partial charge on any atom is -0.321 e. The van der Waals surface area contributed by atoms with Gasteiger partial charge in [-0.15, -0.1) is 11.3 Å². The van der Waals surface area contributed by atoms with Gasteiger partial charge in [0, 0.05) is 23.5 Å². The largest absolute Gasteiger partial charge is 0.321 e. The number of benzene rings is 1. The Hall–Kier alpha value is -1.19. The lowest BCUT2D eigenvalue weighted by Gasteiger charge is -2.29. The first-order valence-corrected chi connectivity index (χ1v) is 6.85. The molecule has 1 aromatic carbocycles. The molecule has 1 unspecified atom stereocenters. The highest BCUT2D eigenvalue weighted by Crippen LogP contribution is 2.28. The van der Waals surface area contributed by atoms with Crippen molar-refractivity contribution in [3.63, 3.8) is 0 Å². The highest BCUT2D eigenvalue weighted by atomic mass is 32.1. The third-order valence-electron chi connectivity index (χ3n) is 2.99. The lowest BCUT2D eigenvalue weighted by molar-refractivity contribution is 0.400. The molecule has 1 heterocycles. The number of thiazole rings is 1. The lowest BCUT2D eigenvalue weighted by Crippen LogP contribution is -2.38. The van der Waals surface area contributed by atoms with Crippen molar-refractivity contribution in [1.82, 2.24) is 4.98 Å². The first-order chi connectivity index (χ1) is 8.24. The van der Waals surface area contributed by atoms with E-state index in [9.17, 15) is 0 Å². The van der Waals surface area contributed by atoms with Crippen molar-refractivity contribution in [2.75, 3.05) is 0 Å². The van der Waals surface area contributed by atoms with Crippen LogP contribution in [0.2, 0.25) is 0 Å². The SMILES string of the molecule is CCCC(N)(Cc1nccs1)c1ccccc1. The Morgan fingerprint density at radius 3 is 2.65 bits per heavy atom. The molecule has 0 fully saturated rings. The smallest absolute Gasteiger partial charge is 0.0946 e. The third kappa shape index (κ3) is 2.93. The van der Waals surface area contributed by atoms with E-state index in [0.29, 0.717) is 0 Å². The van der Waals surface area contributed by atoms with Gasteiger partial charge in [-0.2, -0.15) is 0 Å². The zero-order valence-corrected chi connectivity index (χ0v) is 10.9. The lowest BCUT2D eigenvalue weighted by atomic mass is 9.84. The predicted octanol–water partition coefficient (Wildman–Crippen LogP) is 3.34. The van der Waals surface area contributed by atoms with Crippen LogP contribution in [0, 0.1) is 0 Å². The van der Waals surface area contributed by atoms with Crippen molar-refractivity contribution < 1.29 is 0 Å². The van der Waals surface area contributed by atoms with Gasteiger partial charge in [0.2, 0.25) is 0 Å². The Kier molecular flexibility index (Phi) is 3.92. The van der Waals surface area contributed by atoms with E-state index >= 15 is 0 Å². The van der Waals surface area contributed by atoms with Crippen LogP contribution in [0.15, 0.2) is 41.9 Å². The molecule has 2 aromatic rings. The first kappa shape index (κ1) is 12.3. The number of nitrogens with zero attached hydrogens (tertiary/aromatic N) is 1. The molecule has 1 aromatic heterocycles. The van der Waals surface area contributed by atoms with E-state index in [0.717, 1.165) is 24.3 Å². The molecule has 0 radical (unpaired) electrons. The molecular formula is C14H18N2S. The van der Waals surface area contributed by atoms with Gasteiger partial charge in [0.25, 0.3) is 0 Å². The van der Waals surface area contributed by atoms with Crippen LogP contribution in [0.3, 0.4) is 0 Å². The maximum Gasteiger partial charge on any atom is 0.0946 e. The van der Waals surface area contributed by atoms with Crippen molar-refractivity contribution in [3.8, 4) is 0 Å². The van der Waals surface area contributed by atoms with Gasteiger partial charge in [-0.1, -0.05) is 43.7 Å². The Bertz CT molecular complexity index is 439. The van der Waals surface area contributed by atoms with E-state index in [1.807, 2.05) is 17.6 Å². The number of rotatable bonds is 5. The Labute approximate surface area is 107 Å². The number of hydrogen-bond acceptors (Lipinski definition) is 3. The molecule has 0 bridgehead atoms. The molecule has 3 heteroatoms. The minimum absolute atomic E-state index is 0.284. The zero-order chi connectivity index (χ0) is 12.1. The summed E-state index contributed by atoms with van der Waals surface area (Å²) in [4.78, 5) is 4.35. The van der Waals surface area contributed by atoms with Gasteiger partial charge in [0.1, 0.15) is 0 Å². The molecule has 17 heavy (non-hydrogen) atoms. The standard InChI is InChI=1S/C14H18N2S/c1-2-8-14(15,11-13-16-9-10-17-13)12-6-4-3-5-7-12/h3-7,9-10H,2,8,11,15H2,1H3. The molecule has 1 atom stereocenters. The fourth-order valence-electron chi connectivity index (χ4n) is 2.16. The Morgan fingerprint density at radius 2 is 2.06 bits per heavy atom. The number of aromatic nitrogens is 1. The summed E-state index contributed by atoms with van der Waals surface area (Å²) in [6, 6.07) is 10.4. The van der Waals surface area contributed by atoms with Gasteiger partial charge in [0.15, 0.2) is 0 Å². The highest BCUT2D eigenvalue weighted by molar-refractivity contribution is 7.09. The molecule has 0 saturated heterocycles. The van der Waals surface area contributed by atoms with Crippen LogP contribution >= 0.6 is 11.3 Å². The van der Waals surface area contributed by atoms with E-state index in [4.69, 9.17) is 5.73 Å². The normalized spacial score (nSPS) is 14.5. The van der Waals surface area contributed by atoms with Crippen molar-refractivity contribution >= 4 is 11.3 Å². The Morgan fingerprint density at radius 1 is 1.29 bits per heavy atom. The van der Waals surface area contributed by atoms with Crippen LogP contribution in [0.25, 0.3) is 0 Å². The van der Waals surface area contributed by atoms with Gasteiger partial charge in [-0.05, 0) is 12.0 Å². The monoisotopic (exact) mass is 246 g/mol. The average molecular weight is 246 g/mol. The fraction of sp³-hybridized carbons (Fsp3) is 0.357. The summed E-state index contributed by atoms with van der Waals surface area (Å²) in [7, 11) is 0. The van der Waals surface area contributed by atoms with E-state index in [-0.39, 0.29) is 5.54 Å². The van der Waals surface area contributed by atoms with E-state index in [2.05, 4.69) is 36.2 Å². The Balaban J connectivity index is 2.26. The maximum atomic E-state index is 6.59. The molecule has 0 aliphatic rings. The van der Waals surface area contributed by atoms with Crippen LogP contribution in [0.1, 0.15) is 30.3 Å². The summed E-state index contributed by atoms with van der Waals surface area (Å²) in [6.07, 6.45) is 4.73.